The van der Waals surface area contributed by atoms with Crippen LogP contribution in [0.4, 0.5) is 13.2 Å². The van der Waals surface area contributed by atoms with E-state index in [9.17, 15) is 13.2 Å². The van der Waals surface area contributed by atoms with Gasteiger partial charge in [0.2, 0.25) is 0 Å². The summed E-state index contributed by atoms with van der Waals surface area (Å²) in [7, 11) is 0. The Hall–Kier alpha value is -1.55. The minimum absolute atomic E-state index is 0.157. The van der Waals surface area contributed by atoms with Gasteiger partial charge in [0.25, 0.3) is 0 Å². The topological polar surface area (TPSA) is 26.0 Å². The molecule has 0 unspecified atom stereocenters. The van der Waals surface area contributed by atoms with E-state index < -0.39 is 12.2 Å². The predicted octanol–water partition coefficient (Wildman–Crippen LogP) is 6.70. The minimum atomic E-state index is -4.42. The first-order chi connectivity index (χ1) is 11.9. The van der Waals surface area contributed by atoms with E-state index in [1.807, 2.05) is 24.3 Å². The Kier molecular flexibility index (Phi) is 7.30. The average Bonchev–Trinajstić information content (AvgIpc) is 2.59. The Morgan fingerprint density at radius 2 is 1.56 bits per heavy atom. The van der Waals surface area contributed by atoms with Crippen LogP contribution in [0.1, 0.15) is 69.0 Å². The molecule has 2 N–H and O–H groups in total. The first-order valence-electron chi connectivity index (χ1n) is 9.27. The fourth-order valence-electron chi connectivity index (χ4n) is 3.26. The van der Waals surface area contributed by atoms with Crippen LogP contribution >= 0.6 is 0 Å². The third-order valence-corrected chi connectivity index (χ3v) is 4.73. The van der Waals surface area contributed by atoms with Gasteiger partial charge >= 0.3 is 6.18 Å². The number of nitrogens with two attached hydrogens (primary N) is 1. The number of rotatable bonds is 9. The van der Waals surface area contributed by atoms with Gasteiger partial charge in [0.15, 0.2) is 0 Å². The van der Waals surface area contributed by atoms with Crippen molar-refractivity contribution in [3.63, 3.8) is 0 Å². The molecule has 2 rings (SSSR count). The van der Waals surface area contributed by atoms with Crippen molar-refractivity contribution in [2.45, 2.75) is 70.5 Å². The van der Waals surface area contributed by atoms with Crippen LogP contribution in [0.2, 0.25) is 0 Å². The smallest absolute Gasteiger partial charge is 0.316 e. The summed E-state index contributed by atoms with van der Waals surface area (Å²) in [5.41, 5.74) is 6.56. The van der Waals surface area contributed by atoms with Crippen LogP contribution in [0, 0.1) is 0 Å². The number of aryl methyl sites for hydroxylation is 1. The summed E-state index contributed by atoms with van der Waals surface area (Å²) in [5.74, 6) is 0. The van der Waals surface area contributed by atoms with Crippen molar-refractivity contribution in [1.29, 1.82) is 0 Å². The molecule has 0 bridgehead atoms. The zero-order valence-electron chi connectivity index (χ0n) is 14.9. The molecule has 4 heteroatoms. The standard InChI is InChI=1S/C21H28F3N/c1-2-3-4-5-6-7-8-11-16-14-18(20(25)21(22,23)24)15-17-12-9-10-13-19(16)17/h9-10,12-15,20H,2-8,11,25H2,1H3/t20-/m0/s1. The molecule has 0 radical (unpaired) electrons. The van der Waals surface area contributed by atoms with E-state index in [1.54, 1.807) is 12.1 Å². The van der Waals surface area contributed by atoms with E-state index in [4.69, 9.17) is 5.73 Å². The van der Waals surface area contributed by atoms with Gasteiger partial charge in [-0.1, -0.05) is 75.8 Å². The third-order valence-electron chi connectivity index (χ3n) is 4.73. The monoisotopic (exact) mass is 351 g/mol. The lowest BCUT2D eigenvalue weighted by molar-refractivity contribution is -0.149. The number of hydrogen-bond acceptors (Lipinski definition) is 1. The second-order valence-corrected chi connectivity index (χ2v) is 6.79. The third kappa shape index (κ3) is 5.74. The van der Waals surface area contributed by atoms with Gasteiger partial charge in [-0.05, 0) is 40.8 Å². The Balaban J connectivity index is 2.09. The molecule has 0 aromatic heterocycles. The molecule has 0 aliphatic heterocycles. The summed E-state index contributed by atoms with van der Waals surface area (Å²) in [6, 6.07) is 8.91. The second kappa shape index (κ2) is 9.23. The van der Waals surface area contributed by atoms with Crippen molar-refractivity contribution in [2.75, 3.05) is 0 Å². The molecule has 138 valence electrons. The van der Waals surface area contributed by atoms with Crippen LogP contribution in [0.5, 0.6) is 0 Å². The second-order valence-electron chi connectivity index (χ2n) is 6.79. The lowest BCUT2D eigenvalue weighted by atomic mass is 9.94. The number of fused-ring (bicyclic) bond motifs is 1. The Bertz CT molecular complexity index is 664. The molecular formula is C21H28F3N. The van der Waals surface area contributed by atoms with Crippen LogP contribution in [-0.4, -0.2) is 6.18 Å². The minimum Gasteiger partial charge on any atom is -0.316 e. The molecule has 0 saturated heterocycles. The molecule has 0 spiro atoms. The molecule has 2 aromatic rings. The average molecular weight is 351 g/mol. The Morgan fingerprint density at radius 1 is 0.920 bits per heavy atom. The van der Waals surface area contributed by atoms with Crippen LogP contribution < -0.4 is 5.73 Å². The number of benzene rings is 2. The van der Waals surface area contributed by atoms with Crippen LogP contribution in [0.25, 0.3) is 10.8 Å². The Labute approximate surface area is 148 Å². The van der Waals surface area contributed by atoms with Crippen LogP contribution in [0.3, 0.4) is 0 Å². The Morgan fingerprint density at radius 3 is 2.24 bits per heavy atom. The van der Waals surface area contributed by atoms with E-state index in [-0.39, 0.29) is 5.56 Å². The van der Waals surface area contributed by atoms with Crippen LogP contribution in [0.15, 0.2) is 36.4 Å². The fourth-order valence-corrected chi connectivity index (χ4v) is 3.26. The molecule has 0 aliphatic carbocycles. The highest BCUT2D eigenvalue weighted by molar-refractivity contribution is 5.86. The highest BCUT2D eigenvalue weighted by Gasteiger charge is 2.38. The van der Waals surface area contributed by atoms with Crippen molar-refractivity contribution in [2.24, 2.45) is 5.73 Å². The highest BCUT2D eigenvalue weighted by atomic mass is 19.4. The quantitative estimate of drug-likeness (QED) is 0.500. The number of alkyl halides is 3. The van der Waals surface area contributed by atoms with E-state index in [0.717, 1.165) is 35.6 Å². The normalized spacial score (nSPS) is 13.3. The molecule has 0 aliphatic rings. The predicted molar refractivity (Wildman–Crippen MR) is 98.6 cm³/mol. The molecule has 0 heterocycles. The maximum atomic E-state index is 13.0. The zero-order chi connectivity index (χ0) is 18.3. The van der Waals surface area contributed by atoms with Gasteiger partial charge in [-0.15, -0.1) is 0 Å². The molecule has 0 saturated carbocycles. The molecule has 1 atom stereocenters. The number of halogens is 3. The summed E-state index contributed by atoms with van der Waals surface area (Å²) in [6.45, 7) is 2.20. The zero-order valence-corrected chi connectivity index (χ0v) is 14.9. The fraction of sp³-hybridized carbons (Fsp3) is 0.524. The molecule has 1 nitrogen and oxygen atoms in total. The van der Waals surface area contributed by atoms with Gasteiger partial charge in [0, 0.05) is 0 Å². The maximum Gasteiger partial charge on any atom is 0.407 e. The van der Waals surface area contributed by atoms with Gasteiger partial charge in [-0.3, -0.25) is 0 Å². The van der Waals surface area contributed by atoms with Gasteiger partial charge < -0.3 is 5.73 Å². The summed E-state index contributed by atoms with van der Waals surface area (Å²) in [4.78, 5) is 0. The van der Waals surface area contributed by atoms with Crippen LogP contribution in [-0.2, 0) is 6.42 Å². The maximum absolute atomic E-state index is 13.0. The lowest BCUT2D eigenvalue weighted by Gasteiger charge is -2.18. The summed E-state index contributed by atoms with van der Waals surface area (Å²) >= 11 is 0. The highest BCUT2D eigenvalue weighted by Crippen LogP contribution is 2.33. The van der Waals surface area contributed by atoms with E-state index >= 15 is 0 Å². The molecule has 0 fully saturated rings. The number of unbranched alkanes of at least 4 members (excludes halogenated alkanes) is 6. The van der Waals surface area contributed by atoms with Crippen molar-refractivity contribution in [3.05, 3.63) is 47.5 Å². The van der Waals surface area contributed by atoms with Gasteiger partial charge in [-0.2, -0.15) is 13.2 Å². The van der Waals surface area contributed by atoms with E-state index in [0.29, 0.717) is 0 Å². The summed E-state index contributed by atoms with van der Waals surface area (Å²) in [5, 5.41) is 1.87. The van der Waals surface area contributed by atoms with Crippen molar-refractivity contribution in [1.82, 2.24) is 0 Å². The number of hydrogen-bond donors (Lipinski definition) is 1. The van der Waals surface area contributed by atoms with Gasteiger partial charge in [0.05, 0.1) is 0 Å². The van der Waals surface area contributed by atoms with Gasteiger partial charge in [-0.25, -0.2) is 0 Å². The van der Waals surface area contributed by atoms with Gasteiger partial charge in [0.1, 0.15) is 6.04 Å². The van der Waals surface area contributed by atoms with Crippen molar-refractivity contribution >= 4 is 10.8 Å². The van der Waals surface area contributed by atoms with Crippen molar-refractivity contribution < 1.29 is 13.2 Å². The first-order valence-corrected chi connectivity index (χ1v) is 9.27. The van der Waals surface area contributed by atoms with Crippen molar-refractivity contribution in [3.8, 4) is 0 Å². The molecular weight excluding hydrogens is 323 g/mol. The lowest BCUT2D eigenvalue weighted by Crippen LogP contribution is -2.28. The van der Waals surface area contributed by atoms with E-state index in [1.165, 1.54) is 32.1 Å². The largest absolute Gasteiger partial charge is 0.407 e. The molecule has 2 aromatic carbocycles. The molecule has 25 heavy (non-hydrogen) atoms. The first kappa shape index (κ1) is 19.8. The van der Waals surface area contributed by atoms with E-state index in [2.05, 4.69) is 6.92 Å². The summed E-state index contributed by atoms with van der Waals surface area (Å²) < 4.78 is 39.0. The molecule has 0 amide bonds. The summed E-state index contributed by atoms with van der Waals surface area (Å²) in [6.07, 6.45) is 4.73. The SMILES string of the molecule is CCCCCCCCCc1cc([C@H](N)C(F)(F)F)cc2ccccc12.